The Labute approximate surface area is 259 Å². The van der Waals surface area contributed by atoms with Gasteiger partial charge in [-0.15, -0.1) is 0 Å². The lowest BCUT2D eigenvalue weighted by Gasteiger charge is -2.17. The zero-order valence-electron chi connectivity index (χ0n) is 26.1. The highest BCUT2D eigenvalue weighted by Crippen LogP contribution is 2.27. The van der Waals surface area contributed by atoms with Gasteiger partial charge in [-0.1, -0.05) is 63.6 Å². The van der Waals surface area contributed by atoms with Crippen LogP contribution in [-0.4, -0.2) is 41.4 Å². The van der Waals surface area contributed by atoms with E-state index >= 15 is 0 Å². The first-order valence-electron chi connectivity index (χ1n) is 14.6. The van der Waals surface area contributed by atoms with Crippen molar-refractivity contribution < 1.29 is 9.53 Å². The molecule has 0 saturated carbocycles. The van der Waals surface area contributed by atoms with Crippen LogP contribution < -0.4 is 26.0 Å². The number of hydrogen-bond acceptors (Lipinski definition) is 6. The molecule has 0 bridgehead atoms. The summed E-state index contributed by atoms with van der Waals surface area (Å²) in [6, 6.07) is 23.6. The molecular weight excluding hydrogens is 552 g/mol. The van der Waals surface area contributed by atoms with Gasteiger partial charge < -0.3 is 25.7 Å². The van der Waals surface area contributed by atoms with Gasteiger partial charge in [0, 0.05) is 25.4 Å². The van der Waals surface area contributed by atoms with Gasteiger partial charge in [0.25, 0.3) is 0 Å². The average Bonchev–Trinajstić information content (AvgIpc) is 3.33. The number of nitrogens with zero attached hydrogens (tertiary/aromatic N) is 3. The summed E-state index contributed by atoms with van der Waals surface area (Å²) in [4.78, 5) is 28.1. The number of aromatic nitrogens is 2. The number of nitrogens with one attached hydrogen (secondary N) is 3. The van der Waals surface area contributed by atoms with E-state index in [4.69, 9.17) is 10.1 Å². The maximum absolute atomic E-state index is 14.0. The first kappa shape index (κ1) is 33.4. The molecule has 4 aromatic rings. The lowest BCUT2D eigenvalue weighted by molar-refractivity contribution is -0.113. The van der Waals surface area contributed by atoms with E-state index in [-0.39, 0.29) is 17.3 Å². The minimum Gasteiger partial charge on any atom is -0.457 e. The molecule has 0 unspecified atom stereocenters. The van der Waals surface area contributed by atoms with Crippen molar-refractivity contribution in [1.29, 1.82) is 5.41 Å². The molecule has 1 amide bonds. The molecule has 0 aliphatic rings. The molecule has 0 saturated heterocycles. The molecule has 1 aromatic heterocycles. The quantitative estimate of drug-likeness (QED) is 0.122. The lowest BCUT2D eigenvalue weighted by atomic mass is 10.2. The third-order valence-electron chi connectivity index (χ3n) is 6.61. The maximum atomic E-state index is 14.0. The summed E-state index contributed by atoms with van der Waals surface area (Å²) in [5, 5.41) is 14.5. The molecule has 230 valence electrons. The van der Waals surface area contributed by atoms with Crippen molar-refractivity contribution >= 4 is 23.1 Å². The molecule has 0 radical (unpaired) electrons. The minimum atomic E-state index is -0.386. The molecule has 44 heavy (non-hydrogen) atoms. The Hall–Kier alpha value is -5.15. The highest BCUT2D eigenvalue weighted by atomic mass is 16.5. The van der Waals surface area contributed by atoms with E-state index < -0.39 is 0 Å². The van der Waals surface area contributed by atoms with Gasteiger partial charge in [0.2, 0.25) is 5.91 Å². The molecule has 9 nitrogen and oxygen atoms in total. The molecule has 0 spiro atoms. The smallest absolute Gasteiger partial charge is 0.339 e. The molecular formula is C35H42N6O3. The second-order valence-electron chi connectivity index (χ2n) is 9.91. The number of likely N-dealkylation sites (N-methyl/N-ethyl adjacent to an activating group) is 2. The molecule has 0 atom stereocenters. The van der Waals surface area contributed by atoms with Crippen LogP contribution in [-0.2, 0) is 4.79 Å². The number of hydrogen-bond donors (Lipinski definition) is 3. The van der Waals surface area contributed by atoms with Gasteiger partial charge >= 0.3 is 5.69 Å². The summed E-state index contributed by atoms with van der Waals surface area (Å²) >= 11 is 0. The normalized spacial score (nSPS) is 10.6. The zero-order chi connectivity index (χ0) is 32.1. The number of amides is 1. The molecule has 0 aliphatic carbocycles. The van der Waals surface area contributed by atoms with Crippen LogP contribution in [0.1, 0.15) is 39.3 Å². The Kier molecular flexibility index (Phi) is 12.5. The van der Waals surface area contributed by atoms with Crippen LogP contribution in [0.5, 0.6) is 11.5 Å². The van der Waals surface area contributed by atoms with Gasteiger partial charge in [0.15, 0.2) is 0 Å². The number of para-hydroxylation sites is 1. The van der Waals surface area contributed by atoms with Gasteiger partial charge in [-0.2, -0.15) is 0 Å². The topological polar surface area (TPSA) is 104 Å². The number of carbonyl (C=O) groups excluding carboxylic acids is 1. The summed E-state index contributed by atoms with van der Waals surface area (Å²) in [5.74, 6) is 1.50. The number of unbranched alkanes of at least 4 members (excludes halogenated alkanes) is 1. The van der Waals surface area contributed by atoms with Crippen LogP contribution in [0.15, 0.2) is 109 Å². The largest absolute Gasteiger partial charge is 0.457 e. The van der Waals surface area contributed by atoms with Crippen LogP contribution in [0.4, 0.5) is 11.5 Å². The van der Waals surface area contributed by atoms with Crippen molar-refractivity contribution in [3.05, 3.63) is 120 Å². The van der Waals surface area contributed by atoms with Crippen LogP contribution in [0.25, 0.3) is 11.4 Å². The van der Waals surface area contributed by atoms with Gasteiger partial charge in [0.05, 0.1) is 17.1 Å². The predicted molar refractivity (Wildman–Crippen MR) is 181 cm³/mol. The minimum absolute atomic E-state index is 0.183. The molecule has 3 N–H and O–H groups in total. The molecule has 0 aliphatic heterocycles. The first-order chi connectivity index (χ1) is 21.3. The predicted octanol–water partition coefficient (Wildman–Crippen LogP) is 6.91. The van der Waals surface area contributed by atoms with Gasteiger partial charge in [-0.3, -0.25) is 9.36 Å². The fourth-order valence-corrected chi connectivity index (χ4v) is 4.20. The van der Waals surface area contributed by atoms with E-state index in [1.54, 1.807) is 75.6 Å². The standard InChI is InChI=1S/C31H32N6O3.C4H10/c1-5-34-30-29(22(2)32)36(23-16-18-27(19-17-23)40-26-13-7-6-8-14-26)31(39)37(30)25-12-9-11-24(21-25)35(4)28(38)15-10-20-33-3;1-3-4-2/h5-19,21,32-34H,1,20H2,2-4H3;3-4H2,1-2H3/b15-10+,32-22?;. The fraction of sp³-hybridized carbons (Fsp3) is 0.229. The van der Waals surface area contributed by atoms with Crippen molar-refractivity contribution in [2.24, 2.45) is 0 Å². The van der Waals surface area contributed by atoms with Crippen molar-refractivity contribution in [2.45, 2.75) is 33.6 Å². The zero-order valence-corrected chi connectivity index (χ0v) is 26.1. The number of ether oxygens (including phenoxy) is 1. The first-order valence-corrected chi connectivity index (χ1v) is 14.6. The monoisotopic (exact) mass is 594 g/mol. The van der Waals surface area contributed by atoms with E-state index in [9.17, 15) is 9.59 Å². The van der Waals surface area contributed by atoms with Crippen LogP contribution >= 0.6 is 0 Å². The average molecular weight is 595 g/mol. The number of anilines is 2. The number of benzene rings is 3. The van der Waals surface area contributed by atoms with Gasteiger partial charge in [0.1, 0.15) is 23.0 Å². The van der Waals surface area contributed by atoms with Crippen molar-refractivity contribution in [2.75, 3.05) is 30.9 Å². The van der Waals surface area contributed by atoms with Crippen LogP contribution in [0.3, 0.4) is 0 Å². The van der Waals surface area contributed by atoms with Gasteiger partial charge in [-0.05, 0) is 74.8 Å². The number of rotatable bonds is 12. The second-order valence-corrected chi connectivity index (χ2v) is 9.91. The fourth-order valence-electron chi connectivity index (χ4n) is 4.20. The Balaban J connectivity index is 0.00000124. The van der Waals surface area contributed by atoms with E-state index in [1.807, 2.05) is 30.3 Å². The maximum Gasteiger partial charge on any atom is 0.339 e. The molecule has 3 aromatic carbocycles. The Morgan fingerprint density at radius 3 is 2.20 bits per heavy atom. The van der Waals surface area contributed by atoms with Crippen molar-refractivity contribution in [1.82, 2.24) is 14.5 Å². The highest BCUT2D eigenvalue weighted by Gasteiger charge is 2.24. The molecule has 0 fully saturated rings. The second kappa shape index (κ2) is 16.5. The Morgan fingerprint density at radius 1 is 0.955 bits per heavy atom. The van der Waals surface area contributed by atoms with Crippen molar-refractivity contribution in [3.63, 3.8) is 0 Å². The van der Waals surface area contributed by atoms with Gasteiger partial charge in [-0.25, -0.2) is 9.36 Å². The SMILES string of the molecule is C=CNc1c(C(C)=N)n(-c2ccc(Oc3ccccc3)cc2)c(=O)n1-c1cccc(N(C)C(=O)/C=C/CNC)c1.CCCC. The molecule has 9 heteroatoms. The number of carbonyl (C=O) groups is 1. The Bertz CT molecular complexity index is 1630. The summed E-state index contributed by atoms with van der Waals surface area (Å²) in [7, 11) is 3.48. The third-order valence-corrected chi connectivity index (χ3v) is 6.61. The number of imidazole rings is 1. The highest BCUT2D eigenvalue weighted by molar-refractivity contribution is 6.01. The van der Waals surface area contributed by atoms with E-state index in [0.29, 0.717) is 46.6 Å². The van der Waals surface area contributed by atoms with Crippen molar-refractivity contribution in [3.8, 4) is 22.9 Å². The van der Waals surface area contributed by atoms with E-state index in [2.05, 4.69) is 31.1 Å². The summed E-state index contributed by atoms with van der Waals surface area (Å²) in [5.41, 5.74) is 1.88. The summed E-state index contributed by atoms with van der Waals surface area (Å²) in [6.45, 7) is 10.3. The summed E-state index contributed by atoms with van der Waals surface area (Å²) in [6.07, 6.45) is 7.35. The van der Waals surface area contributed by atoms with E-state index in [0.717, 1.165) is 0 Å². The van der Waals surface area contributed by atoms with E-state index in [1.165, 1.54) is 39.2 Å². The van der Waals surface area contributed by atoms with Crippen LogP contribution in [0, 0.1) is 5.41 Å². The van der Waals surface area contributed by atoms with Crippen LogP contribution in [0.2, 0.25) is 0 Å². The Morgan fingerprint density at radius 2 is 1.61 bits per heavy atom. The lowest BCUT2D eigenvalue weighted by Crippen LogP contribution is -2.26. The molecule has 4 rings (SSSR count). The summed E-state index contributed by atoms with van der Waals surface area (Å²) < 4.78 is 8.85. The third kappa shape index (κ3) is 8.23. The molecule has 1 heterocycles.